The molecule has 0 saturated heterocycles. The van der Waals surface area contributed by atoms with Crippen molar-refractivity contribution in [1.82, 2.24) is 10.6 Å². The smallest absolute Gasteiger partial charge is 0.407 e. The maximum atomic E-state index is 11.9. The minimum atomic E-state index is -0.521. The zero-order valence-corrected chi connectivity index (χ0v) is 13.6. The highest BCUT2D eigenvalue weighted by Gasteiger charge is 2.42. The van der Waals surface area contributed by atoms with E-state index < -0.39 is 17.2 Å². The summed E-state index contributed by atoms with van der Waals surface area (Å²) in [7, 11) is 0. The van der Waals surface area contributed by atoms with Crippen molar-refractivity contribution in [1.29, 1.82) is 0 Å². The van der Waals surface area contributed by atoms with Crippen LogP contribution in [-0.4, -0.2) is 29.7 Å². The zero-order chi connectivity index (χ0) is 16.1. The summed E-state index contributed by atoms with van der Waals surface area (Å²) in [5, 5.41) is 5.82. The molecule has 1 aliphatic carbocycles. The molecule has 1 rings (SSSR count). The van der Waals surface area contributed by atoms with E-state index in [1.54, 1.807) is 6.08 Å². The second-order valence-corrected chi connectivity index (χ2v) is 6.92. The Bertz CT molecular complexity index is 397. The standard InChI is InChI=1S/C16H28N2O3/c1-6-7-8-13(19)18-16(5,12-9-10-12)11-17-14(20)21-15(2,3)4/h6,12H,1,7-11H2,2-5H3,(H,17,20)(H,18,19). The number of amides is 2. The van der Waals surface area contributed by atoms with Crippen LogP contribution in [0.4, 0.5) is 4.79 Å². The van der Waals surface area contributed by atoms with E-state index in [9.17, 15) is 9.59 Å². The van der Waals surface area contributed by atoms with Gasteiger partial charge in [0, 0.05) is 13.0 Å². The fourth-order valence-electron chi connectivity index (χ4n) is 2.20. The highest BCUT2D eigenvalue weighted by molar-refractivity contribution is 5.77. The predicted molar refractivity (Wildman–Crippen MR) is 82.9 cm³/mol. The summed E-state index contributed by atoms with van der Waals surface area (Å²) in [6, 6.07) is 0. The van der Waals surface area contributed by atoms with Crippen LogP contribution in [0, 0.1) is 5.92 Å². The lowest BCUT2D eigenvalue weighted by molar-refractivity contribution is -0.123. The lowest BCUT2D eigenvalue weighted by atomic mass is 9.95. The lowest BCUT2D eigenvalue weighted by Gasteiger charge is -2.32. The first kappa shape index (κ1) is 17.5. The van der Waals surface area contributed by atoms with Crippen LogP contribution < -0.4 is 10.6 Å². The molecule has 2 N–H and O–H groups in total. The van der Waals surface area contributed by atoms with E-state index >= 15 is 0 Å². The van der Waals surface area contributed by atoms with Crippen LogP contribution >= 0.6 is 0 Å². The van der Waals surface area contributed by atoms with Crippen LogP contribution in [0.5, 0.6) is 0 Å². The molecule has 120 valence electrons. The van der Waals surface area contributed by atoms with Crippen molar-refractivity contribution in [2.75, 3.05) is 6.54 Å². The molecule has 5 nitrogen and oxygen atoms in total. The van der Waals surface area contributed by atoms with Gasteiger partial charge in [0.15, 0.2) is 0 Å². The van der Waals surface area contributed by atoms with Crippen molar-refractivity contribution in [3.8, 4) is 0 Å². The van der Waals surface area contributed by atoms with Gasteiger partial charge in [0.05, 0.1) is 5.54 Å². The minimum absolute atomic E-state index is 0.00436. The Labute approximate surface area is 127 Å². The van der Waals surface area contributed by atoms with Crippen molar-refractivity contribution in [2.45, 2.75) is 64.5 Å². The SMILES string of the molecule is C=CCCC(=O)NC(C)(CNC(=O)OC(C)(C)C)C1CC1. The number of carbonyl (C=O) groups is 2. The first-order valence-corrected chi connectivity index (χ1v) is 7.55. The molecule has 21 heavy (non-hydrogen) atoms. The third-order valence-electron chi connectivity index (χ3n) is 3.48. The number of alkyl carbamates (subject to hydrolysis) is 1. The summed E-state index contributed by atoms with van der Waals surface area (Å²) in [6.07, 6.45) is 4.52. The Morgan fingerprint density at radius 2 is 1.90 bits per heavy atom. The first-order valence-electron chi connectivity index (χ1n) is 7.55. The molecule has 0 aromatic carbocycles. The van der Waals surface area contributed by atoms with Crippen LogP contribution in [0.3, 0.4) is 0 Å². The van der Waals surface area contributed by atoms with Gasteiger partial charge in [0.1, 0.15) is 5.60 Å². The Morgan fingerprint density at radius 3 is 2.38 bits per heavy atom. The van der Waals surface area contributed by atoms with E-state index in [-0.39, 0.29) is 5.91 Å². The summed E-state index contributed by atoms with van der Waals surface area (Å²) in [5.74, 6) is 0.412. The van der Waals surface area contributed by atoms with Crippen LogP contribution in [-0.2, 0) is 9.53 Å². The molecule has 0 aromatic heterocycles. The van der Waals surface area contributed by atoms with Crippen LogP contribution in [0.1, 0.15) is 53.4 Å². The molecule has 1 fully saturated rings. The summed E-state index contributed by atoms with van der Waals surface area (Å²) in [4.78, 5) is 23.7. The molecule has 5 heteroatoms. The highest BCUT2D eigenvalue weighted by Crippen LogP contribution is 2.39. The summed E-state index contributed by atoms with van der Waals surface area (Å²) >= 11 is 0. The highest BCUT2D eigenvalue weighted by atomic mass is 16.6. The van der Waals surface area contributed by atoms with Crippen LogP contribution in [0.2, 0.25) is 0 Å². The Hall–Kier alpha value is -1.52. The van der Waals surface area contributed by atoms with Crippen molar-refractivity contribution in [3.05, 3.63) is 12.7 Å². The van der Waals surface area contributed by atoms with Crippen molar-refractivity contribution < 1.29 is 14.3 Å². The molecule has 0 spiro atoms. The van der Waals surface area contributed by atoms with Gasteiger partial charge in [0.2, 0.25) is 5.91 Å². The number of ether oxygens (including phenoxy) is 1. The van der Waals surface area contributed by atoms with E-state index in [4.69, 9.17) is 4.74 Å². The van der Waals surface area contributed by atoms with Crippen LogP contribution in [0.25, 0.3) is 0 Å². The molecule has 0 aromatic rings. The lowest BCUT2D eigenvalue weighted by Crippen LogP contribution is -2.55. The molecule has 1 unspecified atom stereocenters. The Balaban J connectivity index is 2.50. The normalized spacial score (nSPS) is 17.5. The van der Waals surface area contributed by atoms with Gasteiger partial charge in [-0.3, -0.25) is 4.79 Å². The van der Waals surface area contributed by atoms with E-state index in [1.165, 1.54) is 0 Å². The minimum Gasteiger partial charge on any atom is -0.444 e. The molecule has 0 heterocycles. The fraction of sp³-hybridized carbons (Fsp3) is 0.750. The molecule has 2 amide bonds. The number of rotatable bonds is 7. The molecular weight excluding hydrogens is 268 g/mol. The van der Waals surface area contributed by atoms with Crippen molar-refractivity contribution in [2.24, 2.45) is 5.92 Å². The molecule has 1 saturated carbocycles. The topological polar surface area (TPSA) is 67.4 Å². The van der Waals surface area contributed by atoms with Gasteiger partial charge in [-0.15, -0.1) is 6.58 Å². The maximum Gasteiger partial charge on any atom is 0.407 e. The number of allylic oxidation sites excluding steroid dienone is 1. The fourth-order valence-corrected chi connectivity index (χ4v) is 2.20. The van der Waals surface area contributed by atoms with Gasteiger partial charge in [0.25, 0.3) is 0 Å². The van der Waals surface area contributed by atoms with Gasteiger partial charge in [-0.2, -0.15) is 0 Å². The number of carbonyl (C=O) groups excluding carboxylic acids is 2. The molecule has 0 aliphatic heterocycles. The van der Waals surface area contributed by atoms with E-state index in [2.05, 4.69) is 17.2 Å². The summed E-state index contributed by atoms with van der Waals surface area (Å²) in [6.45, 7) is 11.4. The van der Waals surface area contributed by atoms with E-state index in [0.717, 1.165) is 12.8 Å². The average Bonchev–Trinajstić information content (AvgIpc) is 3.16. The third-order valence-corrected chi connectivity index (χ3v) is 3.48. The quantitative estimate of drug-likeness (QED) is 0.710. The second-order valence-electron chi connectivity index (χ2n) is 6.92. The van der Waals surface area contributed by atoms with Crippen molar-refractivity contribution in [3.63, 3.8) is 0 Å². The number of nitrogens with one attached hydrogen (secondary N) is 2. The summed E-state index contributed by atoms with van der Waals surface area (Å²) < 4.78 is 5.23. The second kappa shape index (κ2) is 6.96. The van der Waals surface area contributed by atoms with Gasteiger partial charge < -0.3 is 15.4 Å². The van der Waals surface area contributed by atoms with E-state index in [0.29, 0.717) is 25.3 Å². The van der Waals surface area contributed by atoms with Crippen molar-refractivity contribution >= 4 is 12.0 Å². The molecule has 1 aliphatic rings. The van der Waals surface area contributed by atoms with Crippen LogP contribution in [0.15, 0.2) is 12.7 Å². The zero-order valence-electron chi connectivity index (χ0n) is 13.6. The van der Waals surface area contributed by atoms with Gasteiger partial charge in [-0.05, 0) is 52.9 Å². The Morgan fingerprint density at radius 1 is 1.29 bits per heavy atom. The Kier molecular flexibility index (Phi) is 5.81. The maximum absolute atomic E-state index is 11.9. The van der Waals surface area contributed by atoms with Gasteiger partial charge in [-0.25, -0.2) is 4.79 Å². The average molecular weight is 296 g/mol. The summed E-state index contributed by atoms with van der Waals surface area (Å²) in [5.41, 5.74) is -0.928. The van der Waals surface area contributed by atoms with Gasteiger partial charge >= 0.3 is 6.09 Å². The van der Waals surface area contributed by atoms with Gasteiger partial charge in [-0.1, -0.05) is 6.08 Å². The monoisotopic (exact) mass is 296 g/mol. The first-order chi connectivity index (χ1) is 9.66. The number of hydrogen-bond acceptors (Lipinski definition) is 3. The molecule has 0 radical (unpaired) electrons. The predicted octanol–water partition coefficient (Wildman–Crippen LogP) is 2.76. The molecule has 0 bridgehead atoms. The number of hydrogen-bond donors (Lipinski definition) is 2. The largest absolute Gasteiger partial charge is 0.444 e. The third kappa shape index (κ3) is 6.65. The van der Waals surface area contributed by atoms with E-state index in [1.807, 2.05) is 27.7 Å². The molecule has 1 atom stereocenters. The molecular formula is C16H28N2O3.